The Balaban J connectivity index is 1.77. The van der Waals surface area contributed by atoms with E-state index in [1.165, 1.54) is 30.8 Å². The zero-order valence-corrected chi connectivity index (χ0v) is 15.8. The Labute approximate surface area is 155 Å². The van der Waals surface area contributed by atoms with Gasteiger partial charge in [-0.25, -0.2) is 14.8 Å². The molecule has 0 radical (unpaired) electrons. The number of nitrogens with one attached hydrogen (secondary N) is 1. The van der Waals surface area contributed by atoms with E-state index in [4.69, 9.17) is 0 Å². The van der Waals surface area contributed by atoms with E-state index in [2.05, 4.69) is 15.3 Å². The van der Waals surface area contributed by atoms with Crippen LogP contribution in [0.2, 0.25) is 0 Å². The molecule has 0 spiro atoms. The maximum atomic E-state index is 12.4. The molecule has 0 aliphatic carbocycles. The first kappa shape index (κ1) is 18.6. The highest BCUT2D eigenvalue weighted by Crippen LogP contribution is 2.07. The number of hydrogen-bond acceptors (Lipinski definition) is 5. The van der Waals surface area contributed by atoms with E-state index >= 15 is 0 Å². The van der Waals surface area contributed by atoms with Crippen molar-refractivity contribution in [1.29, 1.82) is 0 Å². The third-order valence-electron chi connectivity index (χ3n) is 4.58. The number of fused-ring (bicyclic) bond motifs is 1. The van der Waals surface area contributed by atoms with Crippen molar-refractivity contribution < 1.29 is 4.79 Å². The van der Waals surface area contributed by atoms with Gasteiger partial charge in [-0.1, -0.05) is 6.92 Å². The van der Waals surface area contributed by atoms with Gasteiger partial charge >= 0.3 is 5.69 Å². The molecule has 0 aromatic carbocycles. The van der Waals surface area contributed by atoms with E-state index in [9.17, 15) is 14.4 Å². The van der Waals surface area contributed by atoms with Crippen LogP contribution in [-0.4, -0.2) is 36.1 Å². The summed E-state index contributed by atoms with van der Waals surface area (Å²) in [6, 6.07) is 3.02. The number of imidazole rings is 1. The SMILES string of the molecule is Cc1nccn1CC(C)CNC(=O)c1ccc2c(=O)n(C)c(=O)n(C)c2n1. The minimum atomic E-state index is -0.484. The van der Waals surface area contributed by atoms with Crippen molar-refractivity contribution in [2.45, 2.75) is 20.4 Å². The molecule has 1 amide bonds. The summed E-state index contributed by atoms with van der Waals surface area (Å²) < 4.78 is 4.30. The second kappa shape index (κ2) is 7.18. The fourth-order valence-corrected chi connectivity index (χ4v) is 2.94. The maximum absolute atomic E-state index is 12.4. The molecule has 9 nitrogen and oxygen atoms in total. The number of aryl methyl sites for hydroxylation is 2. The summed E-state index contributed by atoms with van der Waals surface area (Å²) >= 11 is 0. The molecule has 0 bridgehead atoms. The molecule has 0 saturated heterocycles. The molecule has 0 fully saturated rings. The normalized spacial score (nSPS) is 12.3. The zero-order chi connectivity index (χ0) is 19.7. The van der Waals surface area contributed by atoms with E-state index in [-0.39, 0.29) is 23.2 Å². The van der Waals surface area contributed by atoms with Crippen molar-refractivity contribution in [3.63, 3.8) is 0 Å². The summed E-state index contributed by atoms with van der Waals surface area (Å²) in [7, 11) is 2.93. The van der Waals surface area contributed by atoms with E-state index in [1.807, 2.05) is 24.6 Å². The van der Waals surface area contributed by atoms with E-state index in [0.717, 1.165) is 16.9 Å². The highest BCUT2D eigenvalue weighted by molar-refractivity contribution is 5.94. The van der Waals surface area contributed by atoms with Crippen LogP contribution in [0, 0.1) is 12.8 Å². The molecule has 3 heterocycles. The molecule has 1 unspecified atom stereocenters. The first-order valence-electron chi connectivity index (χ1n) is 8.62. The second-order valence-corrected chi connectivity index (χ2v) is 6.72. The van der Waals surface area contributed by atoms with Crippen LogP contribution in [0.25, 0.3) is 11.0 Å². The van der Waals surface area contributed by atoms with Gasteiger partial charge in [0, 0.05) is 39.6 Å². The lowest BCUT2D eigenvalue weighted by molar-refractivity contribution is 0.0942. The fraction of sp³-hybridized carbons (Fsp3) is 0.389. The topological polar surface area (TPSA) is 104 Å². The van der Waals surface area contributed by atoms with Gasteiger partial charge in [0.05, 0.1) is 5.39 Å². The molecule has 0 aliphatic rings. The van der Waals surface area contributed by atoms with Crippen LogP contribution in [0.5, 0.6) is 0 Å². The van der Waals surface area contributed by atoms with Crippen molar-refractivity contribution >= 4 is 16.9 Å². The number of pyridine rings is 1. The summed E-state index contributed by atoms with van der Waals surface area (Å²) in [6.45, 7) is 5.16. The summed E-state index contributed by atoms with van der Waals surface area (Å²) in [5.74, 6) is 0.769. The van der Waals surface area contributed by atoms with Crippen molar-refractivity contribution in [1.82, 2.24) is 29.0 Å². The van der Waals surface area contributed by atoms with Crippen molar-refractivity contribution in [2.24, 2.45) is 20.0 Å². The standard InChI is InChI=1S/C18H22N6O3/c1-11(10-24-8-7-19-12(24)2)9-20-16(25)14-6-5-13-15(21-14)22(3)18(27)23(4)17(13)26/h5-8,11H,9-10H2,1-4H3,(H,20,25). The molecule has 3 rings (SSSR count). The third kappa shape index (κ3) is 3.53. The van der Waals surface area contributed by atoms with Gasteiger partial charge < -0.3 is 9.88 Å². The molecule has 3 aromatic rings. The van der Waals surface area contributed by atoms with Gasteiger partial charge in [-0.15, -0.1) is 0 Å². The molecule has 1 N–H and O–H groups in total. The molecule has 0 aliphatic heterocycles. The Kier molecular flexibility index (Phi) is 4.93. The highest BCUT2D eigenvalue weighted by atomic mass is 16.2. The number of nitrogens with zero attached hydrogens (tertiary/aromatic N) is 5. The summed E-state index contributed by atoms with van der Waals surface area (Å²) in [5, 5.41) is 3.14. The average Bonchev–Trinajstić information content (AvgIpc) is 3.06. The van der Waals surface area contributed by atoms with Crippen molar-refractivity contribution in [2.75, 3.05) is 6.54 Å². The van der Waals surface area contributed by atoms with Crippen LogP contribution in [0.3, 0.4) is 0 Å². The molecule has 0 saturated carbocycles. The predicted octanol–water partition coefficient (Wildman–Crippen LogP) is 0.203. The van der Waals surface area contributed by atoms with Gasteiger partial charge in [0.2, 0.25) is 0 Å². The van der Waals surface area contributed by atoms with Crippen LogP contribution >= 0.6 is 0 Å². The van der Waals surface area contributed by atoms with Crippen molar-refractivity contribution in [3.05, 3.63) is 56.9 Å². The second-order valence-electron chi connectivity index (χ2n) is 6.72. The Hall–Kier alpha value is -3.23. The lowest BCUT2D eigenvalue weighted by atomic mass is 10.1. The van der Waals surface area contributed by atoms with Gasteiger partial charge in [-0.3, -0.25) is 18.7 Å². The Morgan fingerprint density at radius 1 is 1.22 bits per heavy atom. The first-order chi connectivity index (χ1) is 12.8. The summed E-state index contributed by atoms with van der Waals surface area (Å²) in [4.78, 5) is 45.1. The summed E-state index contributed by atoms with van der Waals surface area (Å²) in [6.07, 6.45) is 3.65. The lowest BCUT2D eigenvalue weighted by Gasteiger charge is -2.14. The van der Waals surface area contributed by atoms with Gasteiger partial charge in [-0.2, -0.15) is 0 Å². The maximum Gasteiger partial charge on any atom is 0.332 e. The molecule has 9 heteroatoms. The van der Waals surface area contributed by atoms with Gasteiger partial charge in [-0.05, 0) is 25.0 Å². The Morgan fingerprint density at radius 2 is 1.96 bits per heavy atom. The molecule has 142 valence electrons. The monoisotopic (exact) mass is 370 g/mol. The number of aromatic nitrogens is 5. The lowest BCUT2D eigenvalue weighted by Crippen LogP contribution is -2.37. The predicted molar refractivity (Wildman–Crippen MR) is 101 cm³/mol. The van der Waals surface area contributed by atoms with Gasteiger partial charge in [0.1, 0.15) is 17.2 Å². The molecule has 3 aromatic heterocycles. The van der Waals surface area contributed by atoms with Crippen LogP contribution in [0.15, 0.2) is 34.1 Å². The van der Waals surface area contributed by atoms with Crippen LogP contribution in [-0.2, 0) is 20.6 Å². The third-order valence-corrected chi connectivity index (χ3v) is 4.58. The van der Waals surface area contributed by atoms with Gasteiger partial charge in [0.25, 0.3) is 11.5 Å². The van der Waals surface area contributed by atoms with Gasteiger partial charge in [0.15, 0.2) is 0 Å². The highest BCUT2D eigenvalue weighted by Gasteiger charge is 2.14. The molecular formula is C18H22N6O3. The number of hydrogen-bond donors (Lipinski definition) is 1. The Morgan fingerprint density at radius 3 is 2.63 bits per heavy atom. The largest absolute Gasteiger partial charge is 0.350 e. The van der Waals surface area contributed by atoms with Crippen LogP contribution in [0.4, 0.5) is 0 Å². The molecule has 1 atom stereocenters. The number of carbonyl (C=O) groups is 1. The minimum absolute atomic E-state index is 0.164. The first-order valence-corrected chi connectivity index (χ1v) is 8.62. The van der Waals surface area contributed by atoms with E-state index in [1.54, 1.807) is 6.20 Å². The molecular weight excluding hydrogens is 348 g/mol. The number of amides is 1. The average molecular weight is 370 g/mol. The van der Waals surface area contributed by atoms with E-state index < -0.39 is 11.2 Å². The van der Waals surface area contributed by atoms with Crippen LogP contribution < -0.4 is 16.6 Å². The number of rotatable bonds is 5. The smallest absolute Gasteiger partial charge is 0.332 e. The fourth-order valence-electron chi connectivity index (χ4n) is 2.94. The van der Waals surface area contributed by atoms with Crippen molar-refractivity contribution in [3.8, 4) is 0 Å². The molecule has 27 heavy (non-hydrogen) atoms. The summed E-state index contributed by atoms with van der Waals surface area (Å²) in [5.41, 5.74) is -0.562. The quantitative estimate of drug-likeness (QED) is 0.691. The zero-order valence-electron chi connectivity index (χ0n) is 15.8. The van der Waals surface area contributed by atoms with E-state index in [0.29, 0.717) is 11.9 Å². The Bertz CT molecular complexity index is 1120. The number of carbonyl (C=O) groups excluding carboxylic acids is 1. The minimum Gasteiger partial charge on any atom is -0.350 e. The van der Waals surface area contributed by atoms with Crippen LogP contribution in [0.1, 0.15) is 23.2 Å².